The van der Waals surface area contributed by atoms with Gasteiger partial charge >= 0.3 is 0 Å². The van der Waals surface area contributed by atoms with E-state index in [0.717, 1.165) is 11.6 Å². The van der Waals surface area contributed by atoms with Crippen LogP contribution in [0.4, 0.5) is 0 Å². The molecule has 1 aliphatic carbocycles. The number of halogens is 1. The molecule has 2 heterocycles. The molecule has 0 spiro atoms. The summed E-state index contributed by atoms with van der Waals surface area (Å²) < 4.78 is 0. The monoisotopic (exact) mass is 299 g/mol. The number of hydrogen-bond donors (Lipinski definition) is 0. The van der Waals surface area contributed by atoms with Crippen molar-refractivity contribution in [2.24, 2.45) is 5.92 Å². The molecular weight excluding hydrogens is 278 g/mol. The number of rotatable bonds is 5. The number of aromatic nitrogens is 1. The molecule has 1 saturated heterocycles. The molecule has 3 nitrogen and oxygen atoms in total. The van der Waals surface area contributed by atoms with Gasteiger partial charge < -0.3 is 4.90 Å². The maximum atomic E-state index is 5.83. The lowest BCUT2D eigenvalue weighted by molar-refractivity contribution is 0.0991. The summed E-state index contributed by atoms with van der Waals surface area (Å²) in [7, 11) is 0. The first-order valence-corrected chi connectivity index (χ1v) is 8.64. The quantitative estimate of drug-likeness (QED) is 0.779. The molecule has 3 rings (SSSR count). The Morgan fingerprint density at radius 2 is 2.11 bits per heavy atom. The van der Waals surface area contributed by atoms with E-state index >= 15 is 0 Å². The lowest BCUT2D eigenvalue weighted by Gasteiger charge is -2.37. The minimum Gasteiger partial charge on any atom is -0.301 e. The SMILES string of the molecule is CC(c1nc(CCl)cs1)N1CCN(CC2CC2)CC1. The number of nitrogens with zero attached hydrogens (tertiary/aromatic N) is 3. The Morgan fingerprint density at radius 1 is 1.37 bits per heavy atom. The molecule has 2 aliphatic rings. The predicted molar refractivity (Wildman–Crippen MR) is 80.8 cm³/mol. The highest BCUT2D eigenvalue weighted by molar-refractivity contribution is 7.09. The van der Waals surface area contributed by atoms with Crippen LogP contribution in [0.3, 0.4) is 0 Å². The van der Waals surface area contributed by atoms with Gasteiger partial charge in [-0.15, -0.1) is 22.9 Å². The third-order valence-electron chi connectivity index (χ3n) is 4.23. The Bertz CT molecular complexity index is 411. The van der Waals surface area contributed by atoms with Gasteiger partial charge in [0, 0.05) is 38.1 Å². The van der Waals surface area contributed by atoms with E-state index in [-0.39, 0.29) is 0 Å². The van der Waals surface area contributed by atoms with Crippen LogP contribution in [0.25, 0.3) is 0 Å². The Balaban J connectivity index is 1.51. The zero-order chi connectivity index (χ0) is 13.2. The van der Waals surface area contributed by atoms with Crippen molar-refractivity contribution in [3.05, 3.63) is 16.1 Å². The van der Waals surface area contributed by atoms with E-state index < -0.39 is 0 Å². The number of hydrogen-bond acceptors (Lipinski definition) is 4. The molecule has 1 saturated carbocycles. The van der Waals surface area contributed by atoms with Crippen LogP contribution in [0.15, 0.2) is 5.38 Å². The molecule has 1 aliphatic heterocycles. The minimum absolute atomic E-state index is 0.435. The zero-order valence-electron chi connectivity index (χ0n) is 11.5. The van der Waals surface area contributed by atoms with Crippen molar-refractivity contribution >= 4 is 22.9 Å². The van der Waals surface area contributed by atoms with Crippen LogP contribution >= 0.6 is 22.9 Å². The van der Waals surface area contributed by atoms with E-state index in [1.165, 1.54) is 50.6 Å². The van der Waals surface area contributed by atoms with E-state index in [2.05, 4.69) is 27.1 Å². The summed E-state index contributed by atoms with van der Waals surface area (Å²) in [5, 5.41) is 3.30. The van der Waals surface area contributed by atoms with Crippen molar-refractivity contribution in [3.8, 4) is 0 Å². The molecule has 1 aromatic heterocycles. The molecule has 1 aromatic rings. The van der Waals surface area contributed by atoms with Crippen LogP contribution < -0.4 is 0 Å². The molecule has 0 amide bonds. The van der Waals surface area contributed by atoms with Gasteiger partial charge in [0.15, 0.2) is 0 Å². The van der Waals surface area contributed by atoms with Crippen LogP contribution in [0.5, 0.6) is 0 Å². The molecule has 106 valence electrons. The topological polar surface area (TPSA) is 19.4 Å². The Kier molecular flexibility index (Phi) is 4.42. The molecule has 5 heteroatoms. The van der Waals surface area contributed by atoms with Crippen LogP contribution in [0.1, 0.15) is 36.5 Å². The zero-order valence-corrected chi connectivity index (χ0v) is 13.1. The first-order chi connectivity index (χ1) is 9.26. The lowest BCUT2D eigenvalue weighted by Crippen LogP contribution is -2.47. The third kappa shape index (κ3) is 3.48. The fraction of sp³-hybridized carbons (Fsp3) is 0.786. The summed E-state index contributed by atoms with van der Waals surface area (Å²) in [6.07, 6.45) is 2.91. The molecular formula is C14H22ClN3S. The van der Waals surface area contributed by atoms with E-state index in [1.807, 2.05) is 0 Å². The molecule has 19 heavy (non-hydrogen) atoms. The highest BCUT2D eigenvalue weighted by atomic mass is 35.5. The fourth-order valence-corrected chi connectivity index (χ4v) is 3.87. The van der Waals surface area contributed by atoms with Gasteiger partial charge in [-0.1, -0.05) is 0 Å². The lowest BCUT2D eigenvalue weighted by atomic mass is 10.2. The molecule has 0 N–H and O–H groups in total. The van der Waals surface area contributed by atoms with Gasteiger partial charge in [0.1, 0.15) is 5.01 Å². The van der Waals surface area contributed by atoms with Crippen molar-refractivity contribution in [2.45, 2.75) is 31.7 Å². The summed E-state index contributed by atoms with van der Waals surface area (Å²) in [5.41, 5.74) is 1.01. The van der Waals surface area contributed by atoms with Crippen LogP contribution in [0.2, 0.25) is 0 Å². The summed E-state index contributed by atoms with van der Waals surface area (Å²) >= 11 is 7.57. The predicted octanol–water partition coefficient (Wildman–Crippen LogP) is 2.97. The summed E-state index contributed by atoms with van der Waals surface area (Å²) in [6, 6.07) is 0.435. The molecule has 0 bridgehead atoms. The maximum Gasteiger partial charge on any atom is 0.110 e. The minimum atomic E-state index is 0.435. The van der Waals surface area contributed by atoms with Crippen LogP contribution in [-0.2, 0) is 5.88 Å². The van der Waals surface area contributed by atoms with Crippen LogP contribution in [-0.4, -0.2) is 47.5 Å². The summed E-state index contributed by atoms with van der Waals surface area (Å²) in [6.45, 7) is 8.37. The van der Waals surface area contributed by atoms with Gasteiger partial charge in [0.25, 0.3) is 0 Å². The fourth-order valence-electron chi connectivity index (χ4n) is 2.73. The van der Waals surface area contributed by atoms with Gasteiger partial charge in [-0.25, -0.2) is 4.98 Å². The molecule has 0 radical (unpaired) electrons. The van der Waals surface area contributed by atoms with Gasteiger partial charge in [-0.2, -0.15) is 0 Å². The Morgan fingerprint density at radius 3 is 2.68 bits per heavy atom. The molecule has 0 aromatic carbocycles. The first kappa shape index (κ1) is 13.8. The van der Waals surface area contributed by atoms with Gasteiger partial charge in [-0.05, 0) is 25.7 Å². The first-order valence-electron chi connectivity index (χ1n) is 7.23. The van der Waals surface area contributed by atoms with Crippen molar-refractivity contribution in [1.82, 2.24) is 14.8 Å². The summed E-state index contributed by atoms with van der Waals surface area (Å²) in [5.74, 6) is 1.53. The van der Waals surface area contributed by atoms with E-state index in [4.69, 9.17) is 11.6 Å². The number of thiazole rings is 1. The van der Waals surface area contributed by atoms with E-state index in [0.29, 0.717) is 11.9 Å². The second-order valence-corrected chi connectivity index (χ2v) is 6.92. The highest BCUT2D eigenvalue weighted by Crippen LogP contribution is 2.31. The van der Waals surface area contributed by atoms with E-state index in [1.54, 1.807) is 11.3 Å². The van der Waals surface area contributed by atoms with Crippen molar-refractivity contribution in [2.75, 3.05) is 32.7 Å². The molecule has 1 atom stereocenters. The third-order valence-corrected chi connectivity index (χ3v) is 5.57. The number of alkyl halides is 1. The maximum absolute atomic E-state index is 5.83. The van der Waals surface area contributed by atoms with Gasteiger partial charge in [0.05, 0.1) is 17.6 Å². The van der Waals surface area contributed by atoms with Crippen LogP contribution in [0, 0.1) is 5.92 Å². The Hall–Kier alpha value is -0.160. The molecule has 2 fully saturated rings. The van der Waals surface area contributed by atoms with Crippen molar-refractivity contribution in [3.63, 3.8) is 0 Å². The average Bonchev–Trinajstić information content (AvgIpc) is 3.12. The Labute approximate surface area is 124 Å². The van der Waals surface area contributed by atoms with Crippen molar-refractivity contribution in [1.29, 1.82) is 0 Å². The number of piperazine rings is 1. The standard InChI is InChI=1S/C14H22ClN3S/c1-11(14-16-13(8-15)10-19-14)18-6-4-17(5-7-18)9-12-2-3-12/h10-12H,2-9H2,1H3. The van der Waals surface area contributed by atoms with Crippen molar-refractivity contribution < 1.29 is 0 Å². The summed E-state index contributed by atoms with van der Waals surface area (Å²) in [4.78, 5) is 9.80. The normalized spacial score (nSPS) is 23.7. The second kappa shape index (κ2) is 6.08. The van der Waals surface area contributed by atoms with Gasteiger partial charge in [-0.3, -0.25) is 4.90 Å². The highest BCUT2D eigenvalue weighted by Gasteiger charge is 2.28. The largest absolute Gasteiger partial charge is 0.301 e. The smallest absolute Gasteiger partial charge is 0.110 e. The average molecular weight is 300 g/mol. The van der Waals surface area contributed by atoms with E-state index in [9.17, 15) is 0 Å². The van der Waals surface area contributed by atoms with Gasteiger partial charge in [0.2, 0.25) is 0 Å². The molecule has 1 unspecified atom stereocenters. The second-order valence-electron chi connectivity index (χ2n) is 5.77.